The van der Waals surface area contributed by atoms with Gasteiger partial charge in [0, 0.05) is 44.3 Å². The molecule has 86 heavy (non-hydrogen) atoms. The van der Waals surface area contributed by atoms with Crippen LogP contribution in [0.4, 0.5) is 0 Å². The second kappa shape index (κ2) is 21.1. The van der Waals surface area contributed by atoms with Gasteiger partial charge >= 0.3 is 0 Å². The second-order valence-electron chi connectivity index (χ2n) is 28.6. The van der Waals surface area contributed by atoms with Crippen molar-refractivity contribution in [1.82, 2.24) is 14.1 Å². The summed E-state index contributed by atoms with van der Waals surface area (Å²) in [5.74, 6) is 1.99. The van der Waals surface area contributed by atoms with Crippen molar-refractivity contribution in [3.8, 4) is 84.3 Å². The number of ether oxygens (including phenoxy) is 1. The van der Waals surface area contributed by atoms with Gasteiger partial charge in [0.1, 0.15) is 5.82 Å². The smallest absolute Gasteiger partial charge is 0.268 e. The number of benzene rings is 9. The first kappa shape index (κ1) is 58.3. The maximum absolute atomic E-state index is 6.87. The molecule has 1 aliphatic rings. The predicted molar refractivity (Wildman–Crippen MR) is 354 cm³/mol. The number of hydrogen-bond acceptors (Lipinski definition) is 2. The summed E-state index contributed by atoms with van der Waals surface area (Å²) in [6.07, 6.45) is 5.97. The van der Waals surface area contributed by atoms with Gasteiger partial charge in [-0.15, -0.1) is 29.7 Å². The molecule has 0 bridgehead atoms. The number of pyridine rings is 1. The molecule has 0 saturated carbocycles. The van der Waals surface area contributed by atoms with Crippen LogP contribution < -0.4 is 9.30 Å². The van der Waals surface area contributed by atoms with Crippen molar-refractivity contribution < 1.29 is 30.4 Å². The number of para-hydroxylation sites is 3. The number of hydrogen-bond donors (Lipinski definition) is 0. The minimum atomic E-state index is -0.101. The third-order valence-corrected chi connectivity index (χ3v) is 17.3. The van der Waals surface area contributed by atoms with E-state index in [1.54, 1.807) is 0 Å². The van der Waals surface area contributed by atoms with Gasteiger partial charge in [-0.25, -0.2) is 4.98 Å². The minimum absolute atomic E-state index is 0. The van der Waals surface area contributed by atoms with Crippen LogP contribution in [-0.2, 0) is 48.1 Å². The quantitative estimate of drug-likeness (QED) is 0.123. The number of aromatic nitrogens is 4. The summed E-state index contributed by atoms with van der Waals surface area (Å²) in [5.41, 5.74) is 23.5. The van der Waals surface area contributed by atoms with Gasteiger partial charge in [-0.3, -0.25) is 4.57 Å². The molecule has 0 fully saturated rings. The Bertz CT molecular complexity index is 4580. The summed E-state index contributed by atoms with van der Waals surface area (Å²) < 4.78 is 13.6. The molecule has 4 heterocycles. The normalized spacial score (nSPS) is 12.7. The minimum Gasteiger partial charge on any atom is -0.510 e. The first-order valence-corrected chi connectivity index (χ1v) is 30.1. The van der Waals surface area contributed by atoms with Gasteiger partial charge in [0.05, 0.1) is 16.7 Å². The van der Waals surface area contributed by atoms with E-state index in [0.29, 0.717) is 11.5 Å². The Kier molecular flexibility index (Phi) is 14.3. The van der Waals surface area contributed by atoms with Gasteiger partial charge in [-0.2, -0.15) is 18.2 Å². The fraction of sp³-hybridized carbons (Fsp3) is 0.250. The number of fused-ring (bicyclic) bond motifs is 10. The summed E-state index contributed by atoms with van der Waals surface area (Å²) in [6, 6.07) is 74.8. The zero-order valence-corrected chi connectivity index (χ0v) is 54.7. The van der Waals surface area contributed by atoms with Crippen LogP contribution in [-0.4, -0.2) is 14.1 Å². The maximum Gasteiger partial charge on any atom is 0.268 e. The molecule has 0 radical (unpaired) electrons. The second-order valence-corrected chi connectivity index (χ2v) is 28.6. The van der Waals surface area contributed by atoms with E-state index in [0.717, 1.165) is 77.8 Å². The first-order valence-electron chi connectivity index (χ1n) is 30.1. The molecular formula is C80H76N4OPt-2. The van der Waals surface area contributed by atoms with Gasteiger partial charge in [-0.1, -0.05) is 237 Å². The molecule has 13 rings (SSSR count). The fourth-order valence-electron chi connectivity index (χ4n) is 12.3. The molecule has 3 aromatic heterocycles. The Balaban J connectivity index is 0.00000724. The maximum atomic E-state index is 6.87. The third kappa shape index (κ3) is 10.4. The van der Waals surface area contributed by atoms with Gasteiger partial charge in [-0.05, 0) is 146 Å². The van der Waals surface area contributed by atoms with E-state index < -0.39 is 0 Å². The summed E-state index contributed by atoms with van der Waals surface area (Å²) in [4.78, 5) is 4.93. The van der Waals surface area contributed by atoms with Crippen molar-refractivity contribution in [3.63, 3.8) is 0 Å². The Hall–Kier alpha value is -8.11. The van der Waals surface area contributed by atoms with E-state index in [-0.39, 0.29) is 48.1 Å². The average Bonchev–Trinajstić information content (AvgIpc) is 1.86. The van der Waals surface area contributed by atoms with E-state index in [2.05, 4.69) is 300 Å². The molecule has 434 valence electrons. The first-order chi connectivity index (χ1) is 40.3. The van der Waals surface area contributed by atoms with E-state index in [9.17, 15) is 0 Å². The fourth-order valence-corrected chi connectivity index (χ4v) is 12.3. The summed E-state index contributed by atoms with van der Waals surface area (Å²) in [7, 11) is 0. The summed E-state index contributed by atoms with van der Waals surface area (Å²) in [5, 5.41) is 2.21. The van der Waals surface area contributed by atoms with Crippen LogP contribution in [0.25, 0.3) is 106 Å². The Labute approximate surface area is 523 Å². The molecule has 0 spiro atoms. The van der Waals surface area contributed by atoms with E-state index in [4.69, 9.17) is 9.72 Å². The van der Waals surface area contributed by atoms with Crippen molar-refractivity contribution in [2.24, 2.45) is 0 Å². The SMILES string of the molecule is CC(C)(C)c1cc(-c2ccc3c(c2)-c2cccc(-c4cc(C(C)(C)C)cc(C(C)(C)C)c4)c2-[n+]2[c-]n(-c4[c-]c(Oc5[c-]c6c(cc5)c5ccccc5n6-c5cc(C(C)(C)C)ccn5)ccc4)c4cccc(c42)-c2ccccc2-3)cc(C(C)(C)C)c1.[Pt]. The van der Waals surface area contributed by atoms with Gasteiger partial charge in [0.15, 0.2) is 0 Å². The van der Waals surface area contributed by atoms with Gasteiger partial charge in [0.25, 0.3) is 6.33 Å². The van der Waals surface area contributed by atoms with E-state index in [1.165, 1.54) is 55.6 Å². The Morgan fingerprint density at radius 2 is 0.930 bits per heavy atom. The zero-order valence-electron chi connectivity index (χ0n) is 52.4. The van der Waals surface area contributed by atoms with E-state index in [1.807, 2.05) is 24.4 Å². The standard InChI is InChI=1S/C80H76N4O.Pt/c1-76(2,3)53-37-38-81-73(46-53)84-70-31-19-18-27-65(70)66-36-34-60(48-72(66)84)85-59-24-20-23-58(47-59)82-49-83-74-61(52-41-56(79(10,11)12)45-57(42-52)80(13,14)15)28-21-29-68(74)69-43-50(51-39-54(77(4,5)6)44-55(40-51)78(7,8)9)33-35-64(69)62-25-16-17-26-63(62)67-30-22-32-71(82)75(67)83;/h16-46H,1-15H3;/q-2;. The topological polar surface area (TPSA) is 35.9 Å². The molecule has 1 aliphatic heterocycles. The van der Waals surface area contributed by atoms with Crippen molar-refractivity contribution in [1.29, 1.82) is 0 Å². The molecule has 0 unspecified atom stereocenters. The third-order valence-electron chi connectivity index (χ3n) is 17.3. The van der Waals surface area contributed by atoms with Gasteiger partial charge in [0.2, 0.25) is 0 Å². The Morgan fingerprint density at radius 1 is 0.395 bits per heavy atom. The molecule has 12 aromatic rings. The predicted octanol–water partition coefficient (Wildman–Crippen LogP) is 20.7. The van der Waals surface area contributed by atoms with Crippen molar-refractivity contribution >= 4 is 32.8 Å². The Morgan fingerprint density at radius 3 is 1.59 bits per heavy atom. The molecule has 6 heteroatoms. The largest absolute Gasteiger partial charge is 0.510 e. The molecule has 5 nitrogen and oxygen atoms in total. The summed E-state index contributed by atoms with van der Waals surface area (Å²) in [6.45, 7) is 34.6. The van der Waals surface area contributed by atoms with Crippen LogP contribution in [0.15, 0.2) is 188 Å². The average molecular weight is 1300 g/mol. The number of nitrogens with zero attached hydrogens (tertiary/aromatic N) is 4. The molecule has 0 atom stereocenters. The molecule has 0 saturated heterocycles. The number of imidazole rings is 1. The molecule has 0 aliphatic carbocycles. The molecule has 0 amide bonds. The van der Waals surface area contributed by atoms with Crippen LogP contribution in [0.3, 0.4) is 0 Å². The van der Waals surface area contributed by atoms with Crippen molar-refractivity contribution in [2.45, 2.75) is 131 Å². The van der Waals surface area contributed by atoms with Crippen LogP contribution in [0.1, 0.15) is 132 Å². The van der Waals surface area contributed by atoms with Crippen LogP contribution >= 0.6 is 0 Å². The van der Waals surface area contributed by atoms with Crippen molar-refractivity contribution in [2.75, 3.05) is 0 Å². The van der Waals surface area contributed by atoms with E-state index >= 15 is 0 Å². The zero-order chi connectivity index (χ0) is 59.7. The molecule has 9 aromatic carbocycles. The van der Waals surface area contributed by atoms with Crippen LogP contribution in [0.5, 0.6) is 11.5 Å². The molecule has 0 N–H and O–H groups in total. The van der Waals surface area contributed by atoms with Crippen LogP contribution in [0.2, 0.25) is 0 Å². The summed E-state index contributed by atoms with van der Waals surface area (Å²) >= 11 is 0. The number of rotatable bonds is 6. The molecular weight excluding hydrogens is 1230 g/mol. The monoisotopic (exact) mass is 1300 g/mol. The van der Waals surface area contributed by atoms with Gasteiger partial charge < -0.3 is 13.9 Å². The van der Waals surface area contributed by atoms with Crippen LogP contribution in [0, 0.1) is 18.5 Å². The van der Waals surface area contributed by atoms with Crippen molar-refractivity contribution in [3.05, 3.63) is 234 Å².